The van der Waals surface area contributed by atoms with Crippen LogP contribution in [-0.4, -0.2) is 17.5 Å². The van der Waals surface area contributed by atoms with Crippen LogP contribution in [0.1, 0.15) is 16.8 Å². The monoisotopic (exact) mass is 318 g/mol. The molecule has 0 amide bonds. The van der Waals surface area contributed by atoms with E-state index in [1.54, 1.807) is 54.6 Å². The van der Waals surface area contributed by atoms with E-state index >= 15 is 0 Å². The molecule has 0 aliphatic heterocycles. The van der Waals surface area contributed by atoms with Crippen LogP contribution in [0.2, 0.25) is 0 Å². The number of para-hydroxylation sites is 1. The molecule has 0 saturated carbocycles. The van der Waals surface area contributed by atoms with Gasteiger partial charge in [0.05, 0.1) is 0 Å². The van der Waals surface area contributed by atoms with Crippen molar-refractivity contribution in [3.8, 4) is 5.75 Å². The molecule has 0 fully saturated rings. The predicted molar refractivity (Wildman–Crippen MR) is 88.6 cm³/mol. The molecule has 1 aliphatic carbocycles. The lowest BCUT2D eigenvalue weighted by atomic mass is 9.92. The molecule has 118 valence electrons. The molecule has 4 nitrogen and oxygen atoms in total. The van der Waals surface area contributed by atoms with Gasteiger partial charge in [0, 0.05) is 17.6 Å². The first kappa shape index (κ1) is 15.6. The molecule has 0 aromatic heterocycles. The van der Waals surface area contributed by atoms with Gasteiger partial charge < -0.3 is 4.74 Å². The molecular weight excluding hydrogens is 304 g/mol. The summed E-state index contributed by atoms with van der Waals surface area (Å²) >= 11 is 0. The van der Waals surface area contributed by atoms with Crippen molar-refractivity contribution in [2.75, 3.05) is 0 Å². The number of Topliss-reactive ketones (excluding diaryl/α,β-unsaturated/α-hetero) is 2. The molecule has 24 heavy (non-hydrogen) atoms. The Balaban J connectivity index is 1.78. The lowest BCUT2D eigenvalue weighted by Gasteiger charge is -2.12. The maximum Gasteiger partial charge on any atom is 0.347 e. The summed E-state index contributed by atoms with van der Waals surface area (Å²) in [5.41, 5.74) is 0.825. The molecule has 0 atom stereocenters. The highest BCUT2D eigenvalue weighted by molar-refractivity contribution is 6.23. The number of rotatable bonds is 4. The van der Waals surface area contributed by atoms with Crippen LogP contribution >= 0.6 is 0 Å². The number of benzene rings is 2. The third-order valence-electron chi connectivity index (χ3n) is 3.60. The Morgan fingerprint density at radius 1 is 0.833 bits per heavy atom. The van der Waals surface area contributed by atoms with Crippen molar-refractivity contribution in [1.29, 1.82) is 0 Å². The average molecular weight is 318 g/mol. The Morgan fingerprint density at radius 3 is 2.08 bits per heavy atom. The maximum atomic E-state index is 12.3. The number of hydrogen-bond acceptors (Lipinski definition) is 4. The smallest absolute Gasteiger partial charge is 0.347 e. The van der Waals surface area contributed by atoms with Crippen LogP contribution in [0, 0.1) is 0 Å². The fourth-order valence-corrected chi connectivity index (χ4v) is 2.37. The van der Waals surface area contributed by atoms with E-state index < -0.39 is 11.8 Å². The predicted octanol–water partition coefficient (Wildman–Crippen LogP) is 3.30. The number of carbonyl (C=O) groups is 3. The minimum atomic E-state index is -0.714. The van der Waals surface area contributed by atoms with E-state index in [1.165, 1.54) is 12.2 Å². The topological polar surface area (TPSA) is 60.4 Å². The molecular formula is C20H14O4. The van der Waals surface area contributed by atoms with Gasteiger partial charge in [-0.15, -0.1) is 0 Å². The first-order chi connectivity index (χ1) is 11.6. The molecule has 1 aliphatic rings. The van der Waals surface area contributed by atoms with Gasteiger partial charge in [-0.25, -0.2) is 4.79 Å². The van der Waals surface area contributed by atoms with Gasteiger partial charge in [0.2, 0.25) is 0 Å². The number of hydrogen-bond donors (Lipinski definition) is 0. The maximum absolute atomic E-state index is 12.3. The summed E-state index contributed by atoms with van der Waals surface area (Å²) in [5.74, 6) is -0.978. The minimum Gasteiger partial charge on any atom is -0.423 e. The first-order valence-electron chi connectivity index (χ1n) is 7.46. The van der Waals surface area contributed by atoms with Crippen molar-refractivity contribution in [2.24, 2.45) is 0 Å². The van der Waals surface area contributed by atoms with Gasteiger partial charge >= 0.3 is 5.97 Å². The third kappa shape index (κ3) is 3.38. The summed E-state index contributed by atoms with van der Waals surface area (Å²) in [4.78, 5) is 36.7. The summed E-state index contributed by atoms with van der Waals surface area (Å²) in [6.45, 7) is 0. The van der Waals surface area contributed by atoms with Crippen molar-refractivity contribution in [3.63, 3.8) is 0 Å². The highest BCUT2D eigenvalue weighted by Crippen LogP contribution is 2.21. The van der Waals surface area contributed by atoms with Crippen LogP contribution in [0.15, 0.2) is 84.0 Å². The van der Waals surface area contributed by atoms with Gasteiger partial charge in [-0.2, -0.15) is 0 Å². The molecule has 0 bridgehead atoms. The zero-order valence-corrected chi connectivity index (χ0v) is 12.8. The lowest BCUT2D eigenvalue weighted by molar-refractivity contribution is -0.132. The van der Waals surface area contributed by atoms with E-state index in [9.17, 15) is 14.4 Å². The van der Waals surface area contributed by atoms with E-state index in [0.717, 1.165) is 0 Å². The quantitative estimate of drug-likeness (QED) is 0.375. The summed E-state index contributed by atoms with van der Waals surface area (Å²) < 4.78 is 5.16. The number of ether oxygens (including phenoxy) is 1. The second-order valence-corrected chi connectivity index (χ2v) is 5.27. The fraction of sp³-hybridized carbons (Fsp3) is 0.0500. The lowest BCUT2D eigenvalue weighted by Crippen LogP contribution is -2.22. The van der Waals surface area contributed by atoms with Gasteiger partial charge in [-0.1, -0.05) is 54.6 Å². The molecule has 0 heterocycles. The van der Waals surface area contributed by atoms with E-state index in [4.69, 9.17) is 4.74 Å². The van der Waals surface area contributed by atoms with E-state index in [2.05, 4.69) is 0 Å². The highest BCUT2D eigenvalue weighted by atomic mass is 16.5. The summed E-state index contributed by atoms with van der Waals surface area (Å²) in [6, 6.07) is 17.2. The van der Waals surface area contributed by atoms with Crippen LogP contribution in [0.5, 0.6) is 5.75 Å². The zero-order chi connectivity index (χ0) is 16.9. The average Bonchev–Trinajstić information content (AvgIpc) is 2.62. The minimum absolute atomic E-state index is 0.0523. The second kappa shape index (κ2) is 6.87. The highest BCUT2D eigenvalue weighted by Gasteiger charge is 2.26. The molecule has 0 N–H and O–H groups in total. The summed E-state index contributed by atoms with van der Waals surface area (Å²) in [6.07, 6.45) is 2.76. The molecule has 0 unspecified atom stereocenters. The Labute approximate surface area is 139 Å². The standard InChI is InChI=1S/C20H14O4/c21-18-13-15(19(22)14-7-3-1-4-8-14)11-12-17(18)20(23)24-16-9-5-2-6-10-16/h1-12H,13H2. The normalized spacial score (nSPS) is 13.8. The van der Waals surface area contributed by atoms with Crippen molar-refractivity contribution in [3.05, 3.63) is 89.5 Å². The van der Waals surface area contributed by atoms with E-state index in [0.29, 0.717) is 16.9 Å². The number of esters is 1. The molecule has 2 aromatic rings. The fourth-order valence-electron chi connectivity index (χ4n) is 2.37. The molecule has 3 rings (SSSR count). The van der Waals surface area contributed by atoms with Crippen molar-refractivity contribution < 1.29 is 19.1 Å². The zero-order valence-electron chi connectivity index (χ0n) is 12.8. The SMILES string of the molecule is O=C1CC(C(=O)c2ccccc2)=CC=C1C(=O)Oc1ccccc1. The Kier molecular flexibility index (Phi) is 4.47. The van der Waals surface area contributed by atoms with Crippen LogP contribution < -0.4 is 4.74 Å². The summed E-state index contributed by atoms with van der Waals surface area (Å²) in [5, 5.41) is 0. The number of carbonyl (C=O) groups excluding carboxylic acids is 3. The molecule has 0 saturated heterocycles. The van der Waals surface area contributed by atoms with Gasteiger partial charge in [0.25, 0.3) is 0 Å². The summed E-state index contributed by atoms with van der Waals surface area (Å²) in [7, 11) is 0. The number of allylic oxidation sites excluding steroid dienone is 3. The second-order valence-electron chi connectivity index (χ2n) is 5.27. The Bertz CT molecular complexity index is 846. The van der Waals surface area contributed by atoms with Gasteiger partial charge in [-0.05, 0) is 18.2 Å². The van der Waals surface area contributed by atoms with E-state index in [-0.39, 0.29) is 17.8 Å². The van der Waals surface area contributed by atoms with Crippen molar-refractivity contribution in [1.82, 2.24) is 0 Å². The van der Waals surface area contributed by atoms with Crippen LogP contribution in [0.4, 0.5) is 0 Å². The Morgan fingerprint density at radius 2 is 1.46 bits per heavy atom. The molecule has 2 aromatic carbocycles. The van der Waals surface area contributed by atoms with Crippen LogP contribution in [0.25, 0.3) is 0 Å². The number of ketones is 2. The molecule has 0 spiro atoms. The van der Waals surface area contributed by atoms with Gasteiger partial charge in [-0.3, -0.25) is 9.59 Å². The van der Waals surface area contributed by atoms with Crippen molar-refractivity contribution >= 4 is 17.5 Å². The van der Waals surface area contributed by atoms with Crippen LogP contribution in [-0.2, 0) is 9.59 Å². The third-order valence-corrected chi connectivity index (χ3v) is 3.60. The van der Waals surface area contributed by atoms with Gasteiger partial charge in [0.15, 0.2) is 11.6 Å². The first-order valence-corrected chi connectivity index (χ1v) is 7.46. The largest absolute Gasteiger partial charge is 0.423 e. The van der Waals surface area contributed by atoms with Crippen molar-refractivity contribution in [2.45, 2.75) is 6.42 Å². The molecule has 4 heteroatoms. The van der Waals surface area contributed by atoms with Crippen LogP contribution in [0.3, 0.4) is 0 Å². The van der Waals surface area contributed by atoms with Gasteiger partial charge in [0.1, 0.15) is 11.3 Å². The van der Waals surface area contributed by atoms with E-state index in [1.807, 2.05) is 6.07 Å². The Hall–Kier alpha value is -3.27. The molecule has 0 radical (unpaired) electrons.